The molecule has 0 radical (unpaired) electrons. The van der Waals surface area contributed by atoms with Gasteiger partial charge in [-0.1, -0.05) is 12.1 Å². The second-order valence-electron chi connectivity index (χ2n) is 5.32. The zero-order valence-corrected chi connectivity index (χ0v) is 13.3. The number of carboxylic acid groups (broad SMARTS) is 1. The fourth-order valence-corrected chi connectivity index (χ4v) is 2.36. The molecular weight excluding hydrogens is 328 g/mol. The van der Waals surface area contributed by atoms with Crippen LogP contribution in [0.1, 0.15) is 0 Å². The van der Waals surface area contributed by atoms with Gasteiger partial charge in [-0.25, -0.2) is 0 Å². The zero-order chi connectivity index (χ0) is 17.6. The van der Waals surface area contributed by atoms with Crippen molar-refractivity contribution in [3.05, 3.63) is 24.3 Å². The first-order chi connectivity index (χ1) is 12.2. The molecule has 0 spiro atoms. The maximum Gasteiger partial charge on any atom is 0.322 e. The molecular formula is C15H18N6O4. The number of ether oxygens (including phenoxy) is 1. The molecule has 0 aliphatic carbocycles. The molecule has 1 aromatic heterocycles. The van der Waals surface area contributed by atoms with E-state index in [1.54, 1.807) is 24.3 Å². The first kappa shape index (κ1) is 16.9. The van der Waals surface area contributed by atoms with Gasteiger partial charge in [0.25, 0.3) is 0 Å². The van der Waals surface area contributed by atoms with Gasteiger partial charge in [0.05, 0.1) is 18.9 Å². The fourth-order valence-electron chi connectivity index (χ4n) is 2.36. The van der Waals surface area contributed by atoms with Crippen molar-refractivity contribution in [3.63, 3.8) is 0 Å². The molecule has 0 atom stereocenters. The molecule has 0 unspecified atom stereocenters. The van der Waals surface area contributed by atoms with Crippen LogP contribution in [-0.2, 0) is 9.53 Å². The van der Waals surface area contributed by atoms with Crippen molar-refractivity contribution < 1.29 is 19.8 Å². The van der Waals surface area contributed by atoms with Gasteiger partial charge in [-0.2, -0.15) is 15.0 Å². The van der Waals surface area contributed by atoms with Crippen LogP contribution in [0.4, 0.5) is 17.6 Å². The van der Waals surface area contributed by atoms with Crippen LogP contribution >= 0.6 is 0 Å². The highest BCUT2D eigenvalue weighted by atomic mass is 16.5. The number of benzene rings is 1. The lowest BCUT2D eigenvalue weighted by Crippen LogP contribution is -2.37. The van der Waals surface area contributed by atoms with E-state index in [2.05, 4.69) is 25.7 Å². The SMILES string of the molecule is O=C(O)CNc1nc(-c2cccc(NO)c2)nc(N2CCOCC2)n1. The standard InChI is InChI=1S/C15H18N6O4/c22-12(23)9-16-14-17-13(10-2-1-3-11(8-10)20-24)18-15(19-14)21-4-6-25-7-5-21/h1-3,8,20,24H,4-7,9H2,(H,22,23)(H,16,17,18,19). The smallest absolute Gasteiger partial charge is 0.322 e. The molecule has 2 heterocycles. The molecule has 0 saturated carbocycles. The van der Waals surface area contributed by atoms with Crippen molar-refractivity contribution in [3.8, 4) is 11.4 Å². The van der Waals surface area contributed by atoms with Crippen molar-refractivity contribution in [2.75, 3.05) is 48.5 Å². The van der Waals surface area contributed by atoms with Crippen LogP contribution in [-0.4, -0.2) is 64.1 Å². The number of anilines is 3. The van der Waals surface area contributed by atoms with Gasteiger partial charge in [-0.3, -0.25) is 15.5 Å². The Morgan fingerprint density at radius 3 is 2.76 bits per heavy atom. The number of hydrogen-bond donors (Lipinski definition) is 4. The van der Waals surface area contributed by atoms with E-state index in [0.717, 1.165) is 0 Å². The Morgan fingerprint density at radius 1 is 1.24 bits per heavy atom. The number of nitrogens with zero attached hydrogens (tertiary/aromatic N) is 4. The highest BCUT2D eigenvalue weighted by Crippen LogP contribution is 2.22. The first-order valence-corrected chi connectivity index (χ1v) is 7.70. The topological polar surface area (TPSA) is 133 Å². The van der Waals surface area contributed by atoms with E-state index in [0.29, 0.717) is 49.3 Å². The summed E-state index contributed by atoms with van der Waals surface area (Å²) >= 11 is 0. The van der Waals surface area contributed by atoms with E-state index in [4.69, 9.17) is 15.1 Å². The van der Waals surface area contributed by atoms with Crippen molar-refractivity contribution >= 4 is 23.6 Å². The molecule has 25 heavy (non-hydrogen) atoms. The highest BCUT2D eigenvalue weighted by molar-refractivity contribution is 5.72. The number of aromatic nitrogens is 3. The molecule has 0 bridgehead atoms. The van der Waals surface area contributed by atoms with Crippen molar-refractivity contribution in [1.82, 2.24) is 15.0 Å². The summed E-state index contributed by atoms with van der Waals surface area (Å²) in [6.45, 7) is 2.12. The molecule has 132 valence electrons. The highest BCUT2D eigenvalue weighted by Gasteiger charge is 2.17. The Morgan fingerprint density at radius 2 is 2.04 bits per heavy atom. The average molecular weight is 346 g/mol. The average Bonchev–Trinajstić information content (AvgIpc) is 2.67. The summed E-state index contributed by atoms with van der Waals surface area (Å²) in [5, 5.41) is 20.6. The van der Waals surface area contributed by atoms with Gasteiger partial charge in [0.2, 0.25) is 11.9 Å². The Balaban J connectivity index is 1.97. The van der Waals surface area contributed by atoms with E-state index in [1.165, 1.54) is 0 Å². The van der Waals surface area contributed by atoms with Gasteiger partial charge in [-0.15, -0.1) is 0 Å². The van der Waals surface area contributed by atoms with Crippen molar-refractivity contribution in [2.45, 2.75) is 0 Å². The third-order valence-corrected chi connectivity index (χ3v) is 3.57. The van der Waals surface area contributed by atoms with Crippen molar-refractivity contribution in [2.24, 2.45) is 0 Å². The number of rotatable bonds is 6. The third kappa shape index (κ3) is 4.31. The molecule has 10 heteroatoms. The van der Waals surface area contributed by atoms with Crippen LogP contribution in [0.5, 0.6) is 0 Å². The Bertz CT molecular complexity index is 751. The Kier molecular flexibility index (Phi) is 5.21. The number of aliphatic carboxylic acids is 1. The second kappa shape index (κ2) is 7.73. The predicted octanol–water partition coefficient (Wildman–Crippen LogP) is 0.673. The lowest BCUT2D eigenvalue weighted by molar-refractivity contribution is -0.134. The summed E-state index contributed by atoms with van der Waals surface area (Å²) in [6, 6.07) is 6.91. The maximum absolute atomic E-state index is 10.8. The van der Waals surface area contributed by atoms with Crippen LogP contribution in [0.25, 0.3) is 11.4 Å². The Hall–Kier alpha value is -2.98. The number of carbonyl (C=O) groups is 1. The normalized spacial score (nSPS) is 14.2. The number of morpholine rings is 1. The van der Waals surface area contributed by atoms with E-state index < -0.39 is 5.97 Å². The van der Waals surface area contributed by atoms with Gasteiger partial charge in [0, 0.05) is 18.7 Å². The van der Waals surface area contributed by atoms with Crippen LogP contribution in [0, 0.1) is 0 Å². The van der Waals surface area contributed by atoms with Gasteiger partial charge in [0.1, 0.15) is 6.54 Å². The summed E-state index contributed by atoms with van der Waals surface area (Å²) in [7, 11) is 0. The molecule has 2 aromatic rings. The third-order valence-electron chi connectivity index (χ3n) is 3.57. The fraction of sp³-hybridized carbons (Fsp3) is 0.333. The quantitative estimate of drug-likeness (QED) is 0.553. The van der Waals surface area contributed by atoms with Crippen LogP contribution in [0.3, 0.4) is 0 Å². The zero-order valence-electron chi connectivity index (χ0n) is 13.3. The molecule has 10 nitrogen and oxygen atoms in total. The van der Waals surface area contributed by atoms with Gasteiger partial charge in [0.15, 0.2) is 5.82 Å². The first-order valence-electron chi connectivity index (χ1n) is 7.70. The lowest BCUT2D eigenvalue weighted by Gasteiger charge is -2.27. The number of nitrogens with one attached hydrogen (secondary N) is 2. The van der Waals surface area contributed by atoms with E-state index in [9.17, 15) is 4.79 Å². The summed E-state index contributed by atoms with van der Waals surface area (Å²) in [6.07, 6.45) is 0. The van der Waals surface area contributed by atoms with Crippen LogP contribution in [0.2, 0.25) is 0 Å². The van der Waals surface area contributed by atoms with Gasteiger partial charge < -0.3 is 20.1 Å². The van der Waals surface area contributed by atoms with Crippen molar-refractivity contribution in [1.29, 1.82) is 0 Å². The lowest BCUT2D eigenvalue weighted by atomic mass is 10.2. The minimum atomic E-state index is -1.01. The van der Waals surface area contributed by atoms with Gasteiger partial charge in [-0.05, 0) is 12.1 Å². The second-order valence-corrected chi connectivity index (χ2v) is 5.32. The molecule has 1 fully saturated rings. The minimum absolute atomic E-state index is 0.177. The molecule has 3 rings (SSSR count). The van der Waals surface area contributed by atoms with E-state index in [-0.39, 0.29) is 12.5 Å². The molecule has 1 aromatic carbocycles. The molecule has 0 amide bonds. The molecule has 4 N–H and O–H groups in total. The monoisotopic (exact) mass is 346 g/mol. The summed E-state index contributed by atoms with van der Waals surface area (Å²) in [4.78, 5) is 25.8. The Labute approximate surface area is 143 Å². The maximum atomic E-state index is 10.8. The van der Waals surface area contributed by atoms with Crippen LogP contribution < -0.4 is 15.7 Å². The van der Waals surface area contributed by atoms with Crippen LogP contribution in [0.15, 0.2) is 24.3 Å². The largest absolute Gasteiger partial charge is 0.480 e. The molecule has 1 saturated heterocycles. The minimum Gasteiger partial charge on any atom is -0.480 e. The van der Waals surface area contributed by atoms with E-state index in [1.807, 2.05) is 4.90 Å². The predicted molar refractivity (Wildman–Crippen MR) is 89.8 cm³/mol. The summed E-state index contributed by atoms with van der Waals surface area (Å²) in [5.41, 5.74) is 3.23. The molecule has 1 aliphatic heterocycles. The summed E-state index contributed by atoms with van der Waals surface area (Å²) < 4.78 is 5.33. The number of hydrogen-bond acceptors (Lipinski definition) is 9. The van der Waals surface area contributed by atoms with E-state index >= 15 is 0 Å². The summed E-state index contributed by atoms with van der Waals surface area (Å²) in [5.74, 6) is -0.0114. The van der Waals surface area contributed by atoms with Gasteiger partial charge >= 0.3 is 5.97 Å². The molecule has 1 aliphatic rings. The number of carboxylic acids is 1.